The van der Waals surface area contributed by atoms with E-state index in [0.29, 0.717) is 13.1 Å². The van der Waals surface area contributed by atoms with Crippen LogP contribution in [0.1, 0.15) is 12.5 Å². The van der Waals surface area contributed by atoms with Crippen LogP contribution in [0.25, 0.3) is 11.0 Å². The summed E-state index contributed by atoms with van der Waals surface area (Å²) in [6.07, 6.45) is 6.28. The summed E-state index contributed by atoms with van der Waals surface area (Å²) >= 11 is 0. The van der Waals surface area contributed by atoms with Gasteiger partial charge in [-0.25, -0.2) is 15.0 Å². The zero-order chi connectivity index (χ0) is 21.3. The molecular formula is C21H24N8O. The van der Waals surface area contributed by atoms with Gasteiger partial charge in [0.2, 0.25) is 5.91 Å². The van der Waals surface area contributed by atoms with Crippen LogP contribution in [0.2, 0.25) is 0 Å². The molecule has 4 rings (SSSR count). The molecule has 1 fully saturated rings. The van der Waals surface area contributed by atoms with Crippen LogP contribution in [-0.4, -0.2) is 52.1 Å². The van der Waals surface area contributed by atoms with Gasteiger partial charge >= 0.3 is 0 Å². The molecule has 0 bridgehead atoms. The summed E-state index contributed by atoms with van der Waals surface area (Å²) in [5.41, 5.74) is 4.05. The topological polar surface area (TPSA) is 103 Å². The molecule has 3 aromatic heterocycles. The maximum atomic E-state index is 12.0. The number of nitriles is 1. The van der Waals surface area contributed by atoms with E-state index in [1.165, 1.54) is 0 Å². The maximum absolute atomic E-state index is 12.0. The van der Waals surface area contributed by atoms with Gasteiger partial charge in [-0.05, 0) is 18.1 Å². The SMILES string of the molecule is CCc1cc(N2CC(C(=O)NCC#N)C2)ncc1N(C)c1cc2c(cn1)ncn2C. The summed E-state index contributed by atoms with van der Waals surface area (Å²) < 4.78 is 1.98. The molecule has 1 aliphatic rings. The Bertz CT molecular complexity index is 1130. The fourth-order valence-corrected chi connectivity index (χ4v) is 3.66. The van der Waals surface area contributed by atoms with Crippen molar-refractivity contribution in [1.82, 2.24) is 24.8 Å². The van der Waals surface area contributed by atoms with Crippen molar-refractivity contribution in [2.24, 2.45) is 13.0 Å². The lowest BCUT2D eigenvalue weighted by molar-refractivity contribution is -0.125. The lowest BCUT2D eigenvalue weighted by Gasteiger charge is -2.39. The predicted octanol–water partition coefficient (Wildman–Crippen LogP) is 1.77. The van der Waals surface area contributed by atoms with Gasteiger partial charge in [-0.15, -0.1) is 0 Å². The molecule has 1 amide bonds. The molecular weight excluding hydrogens is 380 g/mol. The van der Waals surface area contributed by atoms with Crippen LogP contribution in [0.3, 0.4) is 0 Å². The molecule has 9 nitrogen and oxygen atoms in total. The molecule has 1 aliphatic heterocycles. The number of aryl methyl sites for hydroxylation is 2. The van der Waals surface area contributed by atoms with Gasteiger partial charge in [0.25, 0.3) is 0 Å². The Kier molecular flexibility index (Phi) is 5.23. The average molecular weight is 404 g/mol. The Morgan fingerprint density at radius 3 is 2.83 bits per heavy atom. The Balaban J connectivity index is 1.52. The molecule has 1 saturated heterocycles. The molecule has 0 unspecified atom stereocenters. The molecule has 0 aromatic carbocycles. The number of hydrogen-bond acceptors (Lipinski definition) is 7. The number of carbonyl (C=O) groups excluding carboxylic acids is 1. The number of fused-ring (bicyclic) bond motifs is 1. The number of aromatic nitrogens is 4. The highest BCUT2D eigenvalue weighted by Gasteiger charge is 2.33. The zero-order valence-electron chi connectivity index (χ0n) is 17.3. The van der Waals surface area contributed by atoms with Crippen molar-refractivity contribution in [3.05, 3.63) is 36.4 Å². The standard InChI is InChI=1S/C21H24N8O/c1-4-14-7-20(29-11-15(12-29)21(30)23-6-5-22)25-10-18(14)28(3)19-8-17-16(9-24-19)26-13-27(17)2/h7-10,13,15H,4,6,11-12H2,1-3H3,(H,23,30). The Morgan fingerprint density at radius 1 is 1.30 bits per heavy atom. The lowest BCUT2D eigenvalue weighted by Crippen LogP contribution is -2.54. The van der Waals surface area contributed by atoms with Crippen LogP contribution in [0.5, 0.6) is 0 Å². The molecule has 0 radical (unpaired) electrons. The third-order valence-corrected chi connectivity index (χ3v) is 5.55. The van der Waals surface area contributed by atoms with Crippen molar-refractivity contribution in [1.29, 1.82) is 5.26 Å². The second-order valence-electron chi connectivity index (χ2n) is 7.45. The molecule has 4 heterocycles. The monoisotopic (exact) mass is 404 g/mol. The van der Waals surface area contributed by atoms with Crippen LogP contribution < -0.4 is 15.1 Å². The van der Waals surface area contributed by atoms with Crippen LogP contribution in [0.15, 0.2) is 30.9 Å². The second kappa shape index (κ2) is 7.99. The molecule has 30 heavy (non-hydrogen) atoms. The molecule has 0 spiro atoms. The molecule has 3 aromatic rings. The van der Waals surface area contributed by atoms with E-state index in [1.807, 2.05) is 41.9 Å². The van der Waals surface area contributed by atoms with E-state index >= 15 is 0 Å². The van der Waals surface area contributed by atoms with Crippen LogP contribution >= 0.6 is 0 Å². The Labute approximate surface area is 175 Å². The molecule has 0 aliphatic carbocycles. The van der Waals surface area contributed by atoms with E-state index in [2.05, 4.69) is 38.2 Å². The highest BCUT2D eigenvalue weighted by atomic mass is 16.2. The summed E-state index contributed by atoms with van der Waals surface area (Å²) in [5.74, 6) is 1.52. The van der Waals surface area contributed by atoms with E-state index in [-0.39, 0.29) is 18.4 Å². The molecule has 0 atom stereocenters. The number of nitrogens with one attached hydrogen (secondary N) is 1. The Morgan fingerprint density at radius 2 is 2.10 bits per heavy atom. The smallest absolute Gasteiger partial charge is 0.227 e. The minimum atomic E-state index is -0.0950. The first-order valence-corrected chi connectivity index (χ1v) is 9.91. The maximum Gasteiger partial charge on any atom is 0.227 e. The number of rotatable bonds is 6. The molecule has 0 saturated carbocycles. The highest BCUT2D eigenvalue weighted by molar-refractivity contribution is 5.82. The van der Waals surface area contributed by atoms with Gasteiger partial charge < -0.3 is 19.7 Å². The van der Waals surface area contributed by atoms with E-state index in [9.17, 15) is 4.79 Å². The minimum Gasteiger partial charge on any atom is -0.355 e. The lowest BCUT2D eigenvalue weighted by atomic mass is 9.98. The summed E-state index contributed by atoms with van der Waals surface area (Å²) in [7, 11) is 3.95. The van der Waals surface area contributed by atoms with E-state index in [0.717, 1.165) is 40.3 Å². The van der Waals surface area contributed by atoms with E-state index < -0.39 is 0 Å². The van der Waals surface area contributed by atoms with E-state index in [4.69, 9.17) is 5.26 Å². The third kappa shape index (κ3) is 3.52. The van der Waals surface area contributed by atoms with Gasteiger partial charge in [0.05, 0.1) is 41.9 Å². The van der Waals surface area contributed by atoms with Crippen molar-refractivity contribution in [3.8, 4) is 6.07 Å². The first-order chi connectivity index (χ1) is 14.5. The Hall–Kier alpha value is -3.67. The molecule has 1 N–H and O–H groups in total. The molecule has 154 valence electrons. The van der Waals surface area contributed by atoms with Crippen LogP contribution in [-0.2, 0) is 18.3 Å². The van der Waals surface area contributed by atoms with Crippen LogP contribution in [0.4, 0.5) is 17.3 Å². The highest BCUT2D eigenvalue weighted by Crippen LogP contribution is 2.31. The van der Waals surface area contributed by atoms with Gasteiger partial charge in [0.15, 0.2) is 0 Å². The van der Waals surface area contributed by atoms with Crippen molar-refractivity contribution < 1.29 is 4.79 Å². The first kappa shape index (κ1) is 19.6. The van der Waals surface area contributed by atoms with E-state index in [1.54, 1.807) is 12.5 Å². The predicted molar refractivity (Wildman–Crippen MR) is 115 cm³/mol. The number of hydrogen-bond donors (Lipinski definition) is 1. The van der Waals surface area contributed by atoms with Gasteiger partial charge in [0.1, 0.15) is 23.7 Å². The zero-order valence-corrected chi connectivity index (χ0v) is 17.3. The number of anilines is 3. The quantitative estimate of drug-likeness (QED) is 0.625. The van der Waals surface area contributed by atoms with Crippen molar-refractivity contribution >= 4 is 34.3 Å². The largest absolute Gasteiger partial charge is 0.355 e. The minimum absolute atomic E-state index is 0.0489. The second-order valence-corrected chi connectivity index (χ2v) is 7.45. The fraction of sp³-hybridized carbons (Fsp3) is 0.381. The number of carbonyl (C=O) groups is 1. The molecule has 9 heteroatoms. The van der Waals surface area contributed by atoms with Gasteiger partial charge in [-0.3, -0.25) is 4.79 Å². The van der Waals surface area contributed by atoms with Gasteiger partial charge in [-0.1, -0.05) is 6.92 Å². The van der Waals surface area contributed by atoms with Gasteiger partial charge in [0, 0.05) is 33.3 Å². The summed E-state index contributed by atoms with van der Waals surface area (Å²) in [4.78, 5) is 29.6. The summed E-state index contributed by atoms with van der Waals surface area (Å²) in [5, 5.41) is 11.2. The fourth-order valence-electron chi connectivity index (χ4n) is 3.66. The third-order valence-electron chi connectivity index (χ3n) is 5.55. The van der Waals surface area contributed by atoms with Crippen LogP contribution in [0, 0.1) is 17.2 Å². The average Bonchev–Trinajstić information content (AvgIpc) is 3.10. The summed E-state index contributed by atoms with van der Waals surface area (Å²) in [6, 6.07) is 6.03. The number of imidazole rings is 1. The van der Waals surface area contributed by atoms with Crippen molar-refractivity contribution in [2.75, 3.05) is 36.5 Å². The van der Waals surface area contributed by atoms with Crippen molar-refractivity contribution in [2.45, 2.75) is 13.3 Å². The number of nitrogens with zero attached hydrogens (tertiary/aromatic N) is 7. The number of pyridine rings is 2. The first-order valence-electron chi connectivity index (χ1n) is 9.91. The summed E-state index contributed by atoms with van der Waals surface area (Å²) in [6.45, 7) is 3.39. The normalized spacial score (nSPS) is 13.7. The van der Waals surface area contributed by atoms with Crippen molar-refractivity contribution in [3.63, 3.8) is 0 Å². The van der Waals surface area contributed by atoms with Gasteiger partial charge in [-0.2, -0.15) is 5.26 Å². The number of amides is 1.